The van der Waals surface area contributed by atoms with Gasteiger partial charge in [-0.25, -0.2) is 23.1 Å². The summed E-state index contributed by atoms with van der Waals surface area (Å²) in [5.74, 6) is -2.73. The van der Waals surface area contributed by atoms with Crippen LogP contribution in [-0.4, -0.2) is 20.2 Å². The number of aromatic nitrogens is 4. The number of rotatable bonds is 1. The summed E-state index contributed by atoms with van der Waals surface area (Å²) in [5.41, 5.74) is -0.0104. The van der Waals surface area contributed by atoms with E-state index < -0.39 is 27.8 Å². The molecule has 0 radical (unpaired) electrons. The van der Waals surface area contributed by atoms with Gasteiger partial charge in [-0.05, 0) is 6.07 Å². The molecule has 0 fully saturated rings. The molecule has 102 valence electrons. The Morgan fingerprint density at radius 3 is 2.30 bits per heavy atom. The Morgan fingerprint density at radius 1 is 1.00 bits per heavy atom. The number of nitrogens with zero attached hydrogens (tertiary/aromatic N) is 3. The predicted molar refractivity (Wildman–Crippen MR) is 67.0 cm³/mol. The lowest BCUT2D eigenvalue weighted by molar-refractivity contribution is 0.590. The van der Waals surface area contributed by atoms with E-state index in [1.165, 1.54) is 0 Å². The first-order valence-electron chi connectivity index (χ1n) is 5.19. The van der Waals surface area contributed by atoms with Crippen LogP contribution in [0.4, 0.5) is 13.2 Å². The van der Waals surface area contributed by atoms with Crippen molar-refractivity contribution in [1.82, 2.24) is 20.2 Å². The summed E-state index contributed by atoms with van der Waals surface area (Å²) in [4.78, 5) is 7.33. The molecule has 2 heterocycles. The molecule has 0 aliphatic carbocycles. The van der Waals surface area contributed by atoms with E-state index >= 15 is 0 Å². The highest BCUT2D eigenvalue weighted by atomic mass is 35.5. The quantitative estimate of drug-likeness (QED) is 0.695. The number of H-pyrrole nitrogens is 1. The van der Waals surface area contributed by atoms with Gasteiger partial charge in [0.05, 0.1) is 0 Å². The zero-order valence-electron chi connectivity index (χ0n) is 9.39. The topological polar surface area (TPSA) is 54.5 Å². The smallest absolute Gasteiger partial charge is 0.197 e. The number of halogens is 5. The molecule has 0 unspecified atom stereocenters. The van der Waals surface area contributed by atoms with Gasteiger partial charge in [0.1, 0.15) is 17.0 Å². The zero-order chi connectivity index (χ0) is 14.4. The number of hydrogen-bond acceptors (Lipinski definition) is 3. The standard InChI is InChI=1S/C11H3Cl2F3N4/c12-9-6(16)10(13)18-11(17-9)8-4-1-3(14)2-5(15)7(4)19-20-8/h1-2H,(H,19,20). The molecule has 0 amide bonds. The number of fused-ring (bicyclic) bond motifs is 1. The second-order valence-corrected chi connectivity index (χ2v) is 4.54. The normalized spacial score (nSPS) is 11.2. The summed E-state index contributed by atoms with van der Waals surface area (Å²) < 4.78 is 40.0. The molecule has 0 atom stereocenters. The molecular formula is C11H3Cl2F3N4. The molecule has 20 heavy (non-hydrogen) atoms. The van der Waals surface area contributed by atoms with Crippen LogP contribution in [0.15, 0.2) is 12.1 Å². The van der Waals surface area contributed by atoms with E-state index in [2.05, 4.69) is 20.2 Å². The van der Waals surface area contributed by atoms with Crippen LogP contribution in [-0.2, 0) is 0 Å². The largest absolute Gasteiger partial charge is 0.273 e. The summed E-state index contributed by atoms with van der Waals surface area (Å²) in [5, 5.41) is 5.24. The lowest BCUT2D eigenvalue weighted by atomic mass is 10.2. The van der Waals surface area contributed by atoms with E-state index in [0.29, 0.717) is 6.07 Å². The van der Waals surface area contributed by atoms with Crippen LogP contribution >= 0.6 is 23.2 Å². The number of aromatic amines is 1. The molecule has 3 rings (SSSR count). The van der Waals surface area contributed by atoms with Gasteiger partial charge in [-0.3, -0.25) is 5.10 Å². The first kappa shape index (κ1) is 13.1. The van der Waals surface area contributed by atoms with Gasteiger partial charge in [0.25, 0.3) is 0 Å². The molecular weight excluding hydrogens is 316 g/mol. The van der Waals surface area contributed by atoms with E-state index in [-0.39, 0.29) is 22.4 Å². The zero-order valence-corrected chi connectivity index (χ0v) is 10.9. The van der Waals surface area contributed by atoms with Gasteiger partial charge in [0.15, 0.2) is 27.8 Å². The first-order valence-corrected chi connectivity index (χ1v) is 5.95. The van der Waals surface area contributed by atoms with Crippen molar-refractivity contribution in [3.05, 3.63) is 39.9 Å². The maximum atomic E-state index is 13.5. The Labute approximate surface area is 119 Å². The fourth-order valence-electron chi connectivity index (χ4n) is 1.72. The van der Waals surface area contributed by atoms with Crippen LogP contribution < -0.4 is 0 Å². The summed E-state index contributed by atoms with van der Waals surface area (Å²) in [6.45, 7) is 0. The van der Waals surface area contributed by atoms with Crippen molar-refractivity contribution in [1.29, 1.82) is 0 Å². The van der Waals surface area contributed by atoms with Crippen LogP contribution in [0.1, 0.15) is 0 Å². The average Bonchev–Trinajstić information content (AvgIpc) is 2.79. The van der Waals surface area contributed by atoms with Crippen LogP contribution in [0.3, 0.4) is 0 Å². The number of benzene rings is 1. The molecule has 3 aromatic rings. The fourth-order valence-corrected chi connectivity index (χ4v) is 2.11. The summed E-state index contributed by atoms with van der Waals surface area (Å²) in [6.07, 6.45) is 0. The van der Waals surface area contributed by atoms with Crippen LogP contribution in [0.2, 0.25) is 10.3 Å². The van der Waals surface area contributed by atoms with Crippen molar-refractivity contribution in [3.63, 3.8) is 0 Å². The van der Waals surface area contributed by atoms with Gasteiger partial charge >= 0.3 is 0 Å². The highest BCUT2D eigenvalue weighted by Gasteiger charge is 2.18. The van der Waals surface area contributed by atoms with E-state index in [1.54, 1.807) is 0 Å². The van der Waals surface area contributed by atoms with Crippen molar-refractivity contribution < 1.29 is 13.2 Å². The Morgan fingerprint density at radius 2 is 1.65 bits per heavy atom. The Kier molecular flexibility index (Phi) is 3.02. The molecule has 0 saturated heterocycles. The third-order valence-corrected chi connectivity index (χ3v) is 3.07. The Bertz CT molecular complexity index is 811. The van der Waals surface area contributed by atoms with Crippen molar-refractivity contribution >= 4 is 34.1 Å². The van der Waals surface area contributed by atoms with Gasteiger partial charge < -0.3 is 0 Å². The second kappa shape index (κ2) is 4.60. The minimum absolute atomic E-state index is 0.0854. The minimum Gasteiger partial charge on any atom is -0.273 e. The Balaban J connectivity index is 2.30. The molecule has 0 spiro atoms. The van der Waals surface area contributed by atoms with Gasteiger partial charge in [-0.1, -0.05) is 23.2 Å². The van der Waals surface area contributed by atoms with Crippen LogP contribution in [0.5, 0.6) is 0 Å². The van der Waals surface area contributed by atoms with Gasteiger partial charge in [-0.15, -0.1) is 0 Å². The fraction of sp³-hybridized carbons (Fsp3) is 0. The minimum atomic E-state index is -0.974. The third-order valence-electron chi connectivity index (χ3n) is 2.57. The molecule has 9 heteroatoms. The molecule has 2 aromatic heterocycles. The highest BCUT2D eigenvalue weighted by molar-refractivity contribution is 6.33. The second-order valence-electron chi connectivity index (χ2n) is 3.83. The van der Waals surface area contributed by atoms with E-state index in [4.69, 9.17) is 23.2 Å². The van der Waals surface area contributed by atoms with Gasteiger partial charge in [0.2, 0.25) is 0 Å². The molecule has 0 aliphatic rings. The summed E-state index contributed by atoms with van der Waals surface area (Å²) >= 11 is 11.1. The lowest BCUT2D eigenvalue weighted by Gasteiger charge is -2.01. The van der Waals surface area contributed by atoms with Crippen molar-refractivity contribution in [2.45, 2.75) is 0 Å². The van der Waals surface area contributed by atoms with E-state index in [9.17, 15) is 13.2 Å². The molecule has 1 N–H and O–H groups in total. The van der Waals surface area contributed by atoms with E-state index in [1.807, 2.05) is 0 Å². The van der Waals surface area contributed by atoms with Gasteiger partial charge in [0, 0.05) is 11.5 Å². The van der Waals surface area contributed by atoms with Crippen molar-refractivity contribution in [2.75, 3.05) is 0 Å². The molecule has 0 saturated carbocycles. The summed E-state index contributed by atoms with van der Waals surface area (Å²) in [6, 6.07) is 1.74. The predicted octanol–water partition coefficient (Wildman–Crippen LogP) is 3.74. The van der Waals surface area contributed by atoms with Gasteiger partial charge in [-0.2, -0.15) is 5.10 Å². The third kappa shape index (κ3) is 1.99. The highest BCUT2D eigenvalue weighted by Crippen LogP contribution is 2.29. The molecule has 1 aromatic carbocycles. The van der Waals surface area contributed by atoms with E-state index in [0.717, 1.165) is 6.07 Å². The molecule has 0 aliphatic heterocycles. The number of hydrogen-bond donors (Lipinski definition) is 1. The lowest BCUT2D eigenvalue weighted by Crippen LogP contribution is -1.95. The summed E-state index contributed by atoms with van der Waals surface area (Å²) in [7, 11) is 0. The SMILES string of the molecule is Fc1cc(F)c2n[nH]c(-c3nc(Cl)c(F)c(Cl)n3)c2c1. The molecule has 0 bridgehead atoms. The average molecular weight is 319 g/mol. The van der Waals surface area contributed by atoms with Crippen molar-refractivity contribution in [3.8, 4) is 11.5 Å². The molecule has 4 nitrogen and oxygen atoms in total. The first-order chi connectivity index (χ1) is 9.47. The monoisotopic (exact) mass is 318 g/mol. The Hall–Kier alpha value is -1.86. The maximum Gasteiger partial charge on any atom is 0.197 e. The van der Waals surface area contributed by atoms with Crippen LogP contribution in [0.25, 0.3) is 22.4 Å². The number of nitrogens with one attached hydrogen (secondary N) is 1. The maximum absolute atomic E-state index is 13.5. The van der Waals surface area contributed by atoms with Crippen LogP contribution in [0, 0.1) is 17.5 Å². The van der Waals surface area contributed by atoms with Crippen molar-refractivity contribution in [2.24, 2.45) is 0 Å².